The third-order valence-corrected chi connectivity index (χ3v) is 7.07. The van der Waals surface area contributed by atoms with Crippen LogP contribution in [0.4, 0.5) is 4.79 Å². The summed E-state index contributed by atoms with van der Waals surface area (Å²) in [7, 11) is -3.74. The summed E-state index contributed by atoms with van der Waals surface area (Å²) in [5, 5.41) is 11.9. The molecule has 30 heavy (non-hydrogen) atoms. The van der Waals surface area contributed by atoms with Gasteiger partial charge in [-0.3, -0.25) is 9.36 Å². The van der Waals surface area contributed by atoms with Crippen molar-refractivity contribution in [3.63, 3.8) is 0 Å². The molecule has 0 bridgehead atoms. The molecule has 8 heteroatoms. The summed E-state index contributed by atoms with van der Waals surface area (Å²) in [5.74, 6) is -2.19. The smallest absolute Gasteiger partial charge is 0.408 e. The molecule has 2 aromatic rings. The fourth-order valence-electron chi connectivity index (χ4n) is 2.86. The summed E-state index contributed by atoms with van der Waals surface area (Å²) in [6, 6.07) is 18.2. The summed E-state index contributed by atoms with van der Waals surface area (Å²) in [6.45, 7) is 2.01. The Morgan fingerprint density at radius 3 is 2.10 bits per heavy atom. The maximum absolute atomic E-state index is 13.5. The Balaban J connectivity index is 2.09. The van der Waals surface area contributed by atoms with E-state index < -0.39 is 31.4 Å². The molecule has 1 amide bonds. The largest absolute Gasteiger partial charge is 0.481 e. The molecule has 0 spiro atoms. The molecule has 0 aromatic heterocycles. The van der Waals surface area contributed by atoms with Gasteiger partial charge in [-0.05, 0) is 17.5 Å². The quantitative estimate of drug-likeness (QED) is 0.456. The van der Waals surface area contributed by atoms with Crippen molar-refractivity contribution >= 4 is 19.4 Å². The van der Waals surface area contributed by atoms with Gasteiger partial charge in [0, 0.05) is 0 Å². The van der Waals surface area contributed by atoms with Crippen LogP contribution in [0.3, 0.4) is 0 Å². The lowest BCUT2D eigenvalue weighted by Gasteiger charge is -2.27. The number of carboxylic acids is 1. The van der Waals surface area contributed by atoms with E-state index in [1.807, 2.05) is 55.5 Å². The van der Waals surface area contributed by atoms with E-state index >= 15 is 0 Å². The SMILES string of the molecule is CCCCC(NC(=O)OCc1ccccc1)P(=O)(CC(=O)O)OCc1ccccc1. The van der Waals surface area contributed by atoms with Crippen molar-refractivity contribution in [2.24, 2.45) is 0 Å². The highest BCUT2D eigenvalue weighted by molar-refractivity contribution is 7.60. The first-order valence-corrected chi connectivity index (χ1v) is 11.8. The van der Waals surface area contributed by atoms with E-state index in [1.165, 1.54) is 0 Å². The predicted octanol–water partition coefficient (Wildman–Crippen LogP) is 5.01. The van der Waals surface area contributed by atoms with E-state index in [1.54, 1.807) is 12.1 Å². The Bertz CT molecular complexity index is 843. The van der Waals surface area contributed by atoms with E-state index in [-0.39, 0.29) is 13.2 Å². The number of aliphatic carboxylic acids is 1. The van der Waals surface area contributed by atoms with Gasteiger partial charge < -0.3 is 19.7 Å². The summed E-state index contributed by atoms with van der Waals surface area (Å²) >= 11 is 0. The molecular weight excluding hydrogens is 405 g/mol. The third kappa shape index (κ3) is 8.01. The molecule has 0 saturated carbocycles. The van der Waals surface area contributed by atoms with Crippen molar-refractivity contribution in [1.82, 2.24) is 5.32 Å². The lowest BCUT2D eigenvalue weighted by atomic mass is 10.2. The highest BCUT2D eigenvalue weighted by Crippen LogP contribution is 2.53. The maximum atomic E-state index is 13.5. The standard InChI is InChI=1S/C22H28NO6P/c1-2-3-14-20(23-22(26)28-15-18-10-6-4-7-11-18)30(27,17-21(24)25)29-16-19-12-8-5-9-13-19/h4-13,20H,2-3,14-17H2,1H3,(H,23,26)(H,24,25). The summed E-state index contributed by atoms with van der Waals surface area (Å²) in [4.78, 5) is 23.7. The van der Waals surface area contributed by atoms with Gasteiger partial charge in [0.1, 0.15) is 18.6 Å². The van der Waals surface area contributed by atoms with Crippen LogP contribution < -0.4 is 5.32 Å². The molecule has 162 valence electrons. The van der Waals surface area contributed by atoms with Gasteiger partial charge in [-0.15, -0.1) is 0 Å². The number of carbonyl (C=O) groups excluding carboxylic acids is 1. The monoisotopic (exact) mass is 433 g/mol. The molecular formula is C22H28NO6P. The van der Waals surface area contributed by atoms with Crippen molar-refractivity contribution in [3.05, 3.63) is 71.8 Å². The lowest BCUT2D eigenvalue weighted by Crippen LogP contribution is -2.37. The Hall–Kier alpha value is -2.63. The molecule has 0 aliphatic rings. The van der Waals surface area contributed by atoms with Crippen molar-refractivity contribution in [2.75, 3.05) is 6.16 Å². The Labute approximate surface area is 176 Å². The van der Waals surface area contributed by atoms with Crippen molar-refractivity contribution < 1.29 is 28.5 Å². The van der Waals surface area contributed by atoms with Crippen LogP contribution in [-0.2, 0) is 31.8 Å². The van der Waals surface area contributed by atoms with Gasteiger partial charge in [-0.1, -0.05) is 80.4 Å². The van der Waals surface area contributed by atoms with Gasteiger partial charge in [0.2, 0.25) is 7.37 Å². The normalized spacial score (nSPS) is 13.8. The zero-order chi connectivity index (χ0) is 21.8. The van der Waals surface area contributed by atoms with Gasteiger partial charge in [-0.2, -0.15) is 0 Å². The fourth-order valence-corrected chi connectivity index (χ4v) is 4.97. The number of carbonyl (C=O) groups is 2. The molecule has 2 aromatic carbocycles. The second-order valence-electron chi connectivity index (χ2n) is 6.90. The molecule has 0 aliphatic heterocycles. The van der Waals surface area contributed by atoms with Crippen LogP contribution in [0.5, 0.6) is 0 Å². The number of ether oxygens (including phenoxy) is 1. The minimum atomic E-state index is -3.74. The van der Waals surface area contributed by atoms with Gasteiger partial charge in [0.15, 0.2) is 0 Å². The first-order valence-electron chi connectivity index (χ1n) is 9.89. The molecule has 0 radical (unpaired) electrons. The van der Waals surface area contributed by atoms with Crippen molar-refractivity contribution in [2.45, 2.75) is 45.2 Å². The number of alkyl carbamates (subject to hydrolysis) is 1. The number of benzene rings is 2. The van der Waals surface area contributed by atoms with Crippen LogP contribution >= 0.6 is 7.37 Å². The molecule has 2 unspecified atom stereocenters. The predicted molar refractivity (Wildman–Crippen MR) is 114 cm³/mol. The molecule has 2 atom stereocenters. The van der Waals surface area contributed by atoms with Gasteiger partial charge in [-0.25, -0.2) is 4.79 Å². The van der Waals surface area contributed by atoms with Gasteiger partial charge in [0.05, 0.1) is 6.61 Å². The minimum Gasteiger partial charge on any atom is -0.481 e. The van der Waals surface area contributed by atoms with Crippen LogP contribution in [0, 0.1) is 0 Å². The number of unbranched alkanes of at least 4 members (excludes halogenated alkanes) is 1. The van der Waals surface area contributed by atoms with Crippen molar-refractivity contribution in [3.8, 4) is 0 Å². The van der Waals surface area contributed by atoms with E-state index in [2.05, 4.69) is 5.32 Å². The molecule has 2 rings (SSSR count). The highest BCUT2D eigenvalue weighted by Gasteiger charge is 2.38. The van der Waals surface area contributed by atoms with Gasteiger partial charge in [0.25, 0.3) is 0 Å². The molecule has 0 heterocycles. The van der Waals surface area contributed by atoms with Crippen LogP contribution in [0.15, 0.2) is 60.7 Å². The van der Waals surface area contributed by atoms with Crippen LogP contribution in [0.1, 0.15) is 37.3 Å². The van der Waals surface area contributed by atoms with E-state index in [9.17, 15) is 19.3 Å². The zero-order valence-electron chi connectivity index (χ0n) is 17.0. The third-order valence-electron chi connectivity index (χ3n) is 4.45. The number of hydrogen-bond acceptors (Lipinski definition) is 5. The van der Waals surface area contributed by atoms with E-state index in [4.69, 9.17) is 9.26 Å². The van der Waals surface area contributed by atoms with E-state index in [0.29, 0.717) is 12.8 Å². The van der Waals surface area contributed by atoms with Gasteiger partial charge >= 0.3 is 12.1 Å². The lowest BCUT2D eigenvalue weighted by molar-refractivity contribution is -0.134. The average molecular weight is 433 g/mol. The number of nitrogens with one attached hydrogen (secondary N) is 1. The summed E-state index contributed by atoms with van der Waals surface area (Å²) in [5.41, 5.74) is 1.58. The Kier molecular flexibility index (Phi) is 9.58. The van der Waals surface area contributed by atoms with E-state index in [0.717, 1.165) is 17.5 Å². The first kappa shape index (κ1) is 23.6. The van der Waals surface area contributed by atoms with Crippen molar-refractivity contribution in [1.29, 1.82) is 0 Å². The first-order chi connectivity index (χ1) is 14.4. The molecule has 2 N–H and O–H groups in total. The number of rotatable bonds is 12. The number of carboxylic acid groups (broad SMARTS) is 1. The Morgan fingerprint density at radius 2 is 1.57 bits per heavy atom. The molecule has 0 aliphatic carbocycles. The van der Waals surface area contributed by atoms with Crippen LogP contribution in [0.2, 0.25) is 0 Å². The zero-order valence-corrected chi connectivity index (χ0v) is 17.9. The fraction of sp³-hybridized carbons (Fsp3) is 0.364. The maximum Gasteiger partial charge on any atom is 0.408 e. The molecule has 0 saturated heterocycles. The Morgan fingerprint density at radius 1 is 1.00 bits per heavy atom. The number of hydrogen-bond donors (Lipinski definition) is 2. The summed E-state index contributed by atoms with van der Waals surface area (Å²) < 4.78 is 24.4. The molecule has 7 nitrogen and oxygen atoms in total. The van der Waals surface area contributed by atoms with Crippen LogP contribution in [-0.4, -0.2) is 29.1 Å². The molecule has 0 fully saturated rings. The number of amides is 1. The summed E-state index contributed by atoms with van der Waals surface area (Å²) in [6.07, 6.45) is 0.350. The second kappa shape index (κ2) is 12.2. The second-order valence-corrected chi connectivity index (χ2v) is 9.55. The topological polar surface area (TPSA) is 102 Å². The highest BCUT2D eigenvalue weighted by atomic mass is 31.2. The average Bonchev–Trinajstić information content (AvgIpc) is 2.74. The minimum absolute atomic E-state index is 0.00519. The van der Waals surface area contributed by atoms with Crippen LogP contribution in [0.25, 0.3) is 0 Å².